The van der Waals surface area contributed by atoms with E-state index in [1.54, 1.807) is 24.1 Å². The van der Waals surface area contributed by atoms with E-state index in [9.17, 15) is 9.59 Å². The lowest BCUT2D eigenvalue weighted by atomic mass is 10.1. The third kappa shape index (κ3) is 5.48. The molecule has 26 heavy (non-hydrogen) atoms. The number of nitrogens with one attached hydrogen (secondary N) is 1. The van der Waals surface area contributed by atoms with Crippen molar-refractivity contribution in [2.75, 3.05) is 19.0 Å². The van der Waals surface area contributed by atoms with Crippen molar-refractivity contribution in [1.82, 2.24) is 4.90 Å². The molecule has 2 amide bonds. The van der Waals surface area contributed by atoms with Crippen LogP contribution in [0.2, 0.25) is 0 Å². The molecular formula is C21H24N2O3. The van der Waals surface area contributed by atoms with E-state index in [2.05, 4.69) is 11.9 Å². The highest BCUT2D eigenvalue weighted by Gasteiger charge is 2.13. The molecule has 5 nitrogen and oxygen atoms in total. The van der Waals surface area contributed by atoms with E-state index in [1.165, 1.54) is 6.08 Å². The number of likely N-dealkylation sites (N-methyl/N-ethyl adjacent to an activating group) is 1. The van der Waals surface area contributed by atoms with E-state index >= 15 is 0 Å². The first-order valence-corrected chi connectivity index (χ1v) is 8.50. The second-order valence-corrected chi connectivity index (χ2v) is 5.86. The lowest BCUT2D eigenvalue weighted by Gasteiger charge is -2.19. The fourth-order valence-electron chi connectivity index (χ4n) is 2.48. The highest BCUT2D eigenvalue weighted by atomic mass is 16.5. The molecule has 0 aliphatic rings. The Labute approximate surface area is 154 Å². The average molecular weight is 352 g/mol. The van der Waals surface area contributed by atoms with Crippen LogP contribution in [0.4, 0.5) is 5.69 Å². The lowest BCUT2D eigenvalue weighted by molar-refractivity contribution is -0.129. The van der Waals surface area contributed by atoms with Crippen LogP contribution in [0.15, 0.2) is 61.2 Å². The van der Waals surface area contributed by atoms with Gasteiger partial charge in [0.15, 0.2) is 0 Å². The predicted molar refractivity (Wildman–Crippen MR) is 103 cm³/mol. The van der Waals surface area contributed by atoms with Crippen LogP contribution in [0, 0.1) is 0 Å². The fraction of sp³-hybridized carbons (Fsp3) is 0.238. The van der Waals surface area contributed by atoms with Gasteiger partial charge in [0.25, 0.3) is 0 Å². The van der Waals surface area contributed by atoms with Gasteiger partial charge in [0.1, 0.15) is 5.75 Å². The summed E-state index contributed by atoms with van der Waals surface area (Å²) in [6, 6.07) is 14.9. The van der Waals surface area contributed by atoms with E-state index < -0.39 is 0 Å². The monoisotopic (exact) mass is 352 g/mol. The first-order valence-electron chi connectivity index (χ1n) is 8.50. The molecule has 0 spiro atoms. The minimum Gasteiger partial charge on any atom is -0.494 e. The second kappa shape index (κ2) is 9.42. The standard InChI is InChI=1S/C21H24N2O3/c1-4-20(24)22-18-12-10-16(11-13-18)14-21(25)23(3)15-17-8-6-7-9-19(17)26-5-2/h4,6-13H,1,5,14-15H2,2-3H3,(H,22,24). The van der Waals surface area contributed by atoms with Gasteiger partial charge in [0.05, 0.1) is 13.0 Å². The maximum Gasteiger partial charge on any atom is 0.247 e. The van der Waals surface area contributed by atoms with Crippen molar-refractivity contribution in [2.45, 2.75) is 19.9 Å². The van der Waals surface area contributed by atoms with Crippen molar-refractivity contribution in [3.8, 4) is 5.75 Å². The first kappa shape index (κ1) is 19.2. The van der Waals surface area contributed by atoms with E-state index in [-0.39, 0.29) is 11.8 Å². The summed E-state index contributed by atoms with van der Waals surface area (Å²) in [5.74, 6) is 0.553. The number of nitrogens with zero attached hydrogens (tertiary/aromatic N) is 1. The Morgan fingerprint density at radius 2 is 1.85 bits per heavy atom. The third-order valence-electron chi connectivity index (χ3n) is 3.87. The van der Waals surface area contributed by atoms with Gasteiger partial charge >= 0.3 is 0 Å². The Morgan fingerprint density at radius 3 is 2.50 bits per heavy atom. The summed E-state index contributed by atoms with van der Waals surface area (Å²) in [4.78, 5) is 25.5. The summed E-state index contributed by atoms with van der Waals surface area (Å²) >= 11 is 0. The molecule has 0 saturated carbocycles. The number of para-hydroxylation sites is 1. The number of anilines is 1. The molecule has 0 radical (unpaired) electrons. The van der Waals surface area contributed by atoms with Gasteiger partial charge in [-0.1, -0.05) is 36.9 Å². The quantitative estimate of drug-likeness (QED) is 0.741. The molecule has 0 atom stereocenters. The molecule has 2 rings (SSSR count). The zero-order valence-electron chi connectivity index (χ0n) is 15.2. The number of ether oxygens (including phenoxy) is 1. The number of hydrogen-bond donors (Lipinski definition) is 1. The number of hydrogen-bond acceptors (Lipinski definition) is 3. The van der Waals surface area contributed by atoms with Crippen LogP contribution >= 0.6 is 0 Å². The third-order valence-corrected chi connectivity index (χ3v) is 3.87. The summed E-state index contributed by atoms with van der Waals surface area (Å²) in [6.07, 6.45) is 1.51. The molecule has 136 valence electrons. The normalized spacial score (nSPS) is 10.1. The van der Waals surface area contributed by atoms with Crippen molar-refractivity contribution in [3.05, 3.63) is 72.3 Å². The highest BCUT2D eigenvalue weighted by Crippen LogP contribution is 2.20. The number of carbonyl (C=O) groups is 2. The largest absolute Gasteiger partial charge is 0.494 e. The van der Waals surface area contributed by atoms with Gasteiger partial charge < -0.3 is 15.0 Å². The predicted octanol–water partition coefficient (Wildman–Crippen LogP) is 3.41. The molecule has 1 N–H and O–H groups in total. The van der Waals surface area contributed by atoms with Gasteiger partial charge in [-0.15, -0.1) is 0 Å². The van der Waals surface area contributed by atoms with E-state index in [0.29, 0.717) is 25.3 Å². The van der Waals surface area contributed by atoms with Crippen molar-refractivity contribution in [3.63, 3.8) is 0 Å². The number of amides is 2. The zero-order valence-corrected chi connectivity index (χ0v) is 15.2. The van der Waals surface area contributed by atoms with Crippen LogP contribution < -0.4 is 10.1 Å². The van der Waals surface area contributed by atoms with Gasteiger partial charge in [-0.25, -0.2) is 0 Å². The number of carbonyl (C=O) groups excluding carboxylic acids is 2. The summed E-state index contributed by atoms with van der Waals surface area (Å²) in [5, 5.41) is 2.68. The number of rotatable bonds is 8. The van der Waals surface area contributed by atoms with Crippen molar-refractivity contribution < 1.29 is 14.3 Å². The van der Waals surface area contributed by atoms with Crippen LogP contribution in [0.5, 0.6) is 5.75 Å². The molecule has 2 aromatic carbocycles. The Balaban J connectivity index is 1.96. The molecule has 2 aromatic rings. The summed E-state index contributed by atoms with van der Waals surface area (Å²) in [7, 11) is 1.78. The Hall–Kier alpha value is -3.08. The maximum absolute atomic E-state index is 12.5. The summed E-state index contributed by atoms with van der Waals surface area (Å²) < 4.78 is 5.61. The molecule has 0 aliphatic heterocycles. The molecule has 0 aliphatic carbocycles. The Kier molecular flexibility index (Phi) is 6.97. The maximum atomic E-state index is 12.5. The topological polar surface area (TPSA) is 58.6 Å². The van der Waals surface area contributed by atoms with Gasteiger partial charge in [0.2, 0.25) is 11.8 Å². The van der Waals surface area contributed by atoms with Crippen LogP contribution in [-0.2, 0) is 22.6 Å². The molecule has 0 aromatic heterocycles. The van der Waals surface area contributed by atoms with Crippen LogP contribution in [-0.4, -0.2) is 30.4 Å². The van der Waals surface area contributed by atoms with Gasteiger partial charge in [-0.2, -0.15) is 0 Å². The molecule has 0 fully saturated rings. The van der Waals surface area contributed by atoms with Crippen molar-refractivity contribution in [2.24, 2.45) is 0 Å². The molecule has 0 heterocycles. The van der Waals surface area contributed by atoms with Gasteiger partial charge in [-0.3, -0.25) is 9.59 Å². The molecule has 0 unspecified atom stereocenters. The first-order chi connectivity index (χ1) is 12.5. The van der Waals surface area contributed by atoms with Crippen LogP contribution in [0.25, 0.3) is 0 Å². The molecule has 0 bridgehead atoms. The lowest BCUT2D eigenvalue weighted by Crippen LogP contribution is -2.28. The van der Waals surface area contributed by atoms with Crippen LogP contribution in [0.3, 0.4) is 0 Å². The van der Waals surface area contributed by atoms with E-state index in [0.717, 1.165) is 16.9 Å². The summed E-state index contributed by atoms with van der Waals surface area (Å²) in [5.41, 5.74) is 2.54. The van der Waals surface area contributed by atoms with Crippen molar-refractivity contribution in [1.29, 1.82) is 0 Å². The Morgan fingerprint density at radius 1 is 1.15 bits per heavy atom. The minimum atomic E-state index is -0.262. The zero-order chi connectivity index (χ0) is 18.9. The minimum absolute atomic E-state index is 0.0131. The second-order valence-electron chi connectivity index (χ2n) is 5.86. The van der Waals surface area contributed by atoms with E-state index in [4.69, 9.17) is 4.74 Å². The van der Waals surface area contributed by atoms with Gasteiger partial charge in [-0.05, 0) is 36.8 Å². The van der Waals surface area contributed by atoms with Crippen molar-refractivity contribution >= 4 is 17.5 Å². The van der Waals surface area contributed by atoms with Crippen LogP contribution in [0.1, 0.15) is 18.1 Å². The average Bonchev–Trinajstić information content (AvgIpc) is 2.65. The SMILES string of the molecule is C=CC(=O)Nc1ccc(CC(=O)N(C)Cc2ccccc2OCC)cc1. The fourth-order valence-corrected chi connectivity index (χ4v) is 2.48. The molecule has 5 heteroatoms. The molecule has 0 saturated heterocycles. The smallest absolute Gasteiger partial charge is 0.247 e. The summed E-state index contributed by atoms with van der Waals surface area (Å²) in [6.45, 7) is 6.43. The highest BCUT2D eigenvalue weighted by molar-refractivity contribution is 5.98. The van der Waals surface area contributed by atoms with E-state index in [1.807, 2.05) is 43.3 Å². The molecular weight excluding hydrogens is 328 g/mol. The number of benzene rings is 2. The van der Waals surface area contributed by atoms with Gasteiger partial charge in [0, 0.05) is 24.8 Å². The Bertz CT molecular complexity index is 769.